The lowest BCUT2D eigenvalue weighted by atomic mass is 9.89. The van der Waals surface area contributed by atoms with Crippen molar-refractivity contribution in [3.63, 3.8) is 0 Å². The van der Waals surface area contributed by atoms with Gasteiger partial charge in [0.25, 0.3) is 0 Å². The molecule has 0 radical (unpaired) electrons. The molecule has 0 aliphatic heterocycles. The number of alkyl halides is 3. The Morgan fingerprint density at radius 2 is 1.87 bits per heavy atom. The molecule has 1 fully saturated rings. The zero-order chi connectivity index (χ0) is 11.3. The second-order valence-corrected chi connectivity index (χ2v) is 3.86. The number of hydrogen-bond acceptors (Lipinski definition) is 1. The van der Waals surface area contributed by atoms with Crippen LogP contribution in [-0.2, 0) is 4.74 Å². The highest BCUT2D eigenvalue weighted by atomic mass is 19.4. The highest BCUT2D eigenvalue weighted by Gasteiger charge is 2.36. The van der Waals surface area contributed by atoms with Crippen molar-refractivity contribution in [2.75, 3.05) is 6.61 Å². The Bertz CT molecular complexity index is 214. The highest BCUT2D eigenvalue weighted by molar-refractivity contribution is 5.03. The molecule has 88 valence electrons. The topological polar surface area (TPSA) is 9.23 Å². The van der Waals surface area contributed by atoms with Crippen LogP contribution in [0.25, 0.3) is 0 Å². The predicted molar refractivity (Wildman–Crippen MR) is 52.3 cm³/mol. The summed E-state index contributed by atoms with van der Waals surface area (Å²) in [5, 5.41) is 0. The molecule has 1 aliphatic rings. The maximum absolute atomic E-state index is 12.5. The minimum atomic E-state index is -4.34. The lowest BCUT2D eigenvalue weighted by Gasteiger charge is -2.20. The third-order valence-corrected chi connectivity index (χ3v) is 2.62. The van der Waals surface area contributed by atoms with Crippen molar-refractivity contribution in [1.29, 1.82) is 0 Å². The van der Waals surface area contributed by atoms with E-state index in [2.05, 4.69) is 4.74 Å². The quantitative estimate of drug-likeness (QED) is 0.654. The first kappa shape index (κ1) is 12.4. The molecule has 0 amide bonds. The summed E-state index contributed by atoms with van der Waals surface area (Å²) in [6.07, 6.45) is 1.83. The molecule has 1 nitrogen and oxygen atoms in total. The third-order valence-electron chi connectivity index (χ3n) is 2.62. The Balaban J connectivity index is 2.64. The predicted octanol–water partition coefficient (Wildman–Crippen LogP) is 4.05. The van der Waals surface area contributed by atoms with Crippen molar-refractivity contribution in [3.05, 3.63) is 11.8 Å². The standard InChI is InChI=1S/C11H17F3O/c1-2-15-10(11(12,13)14)8-9-6-4-3-5-7-9/h8-9H,2-7H2,1H3/b10-8-. The van der Waals surface area contributed by atoms with Gasteiger partial charge in [-0.25, -0.2) is 0 Å². The van der Waals surface area contributed by atoms with Crippen molar-refractivity contribution >= 4 is 0 Å². The molecule has 0 atom stereocenters. The van der Waals surface area contributed by atoms with Crippen molar-refractivity contribution in [3.8, 4) is 0 Å². The zero-order valence-corrected chi connectivity index (χ0v) is 8.94. The molecular formula is C11H17F3O. The van der Waals surface area contributed by atoms with Crippen LogP contribution in [0.4, 0.5) is 13.2 Å². The lowest BCUT2D eigenvalue weighted by molar-refractivity contribution is -0.130. The maximum Gasteiger partial charge on any atom is 0.448 e. The van der Waals surface area contributed by atoms with Gasteiger partial charge in [-0.05, 0) is 31.8 Å². The van der Waals surface area contributed by atoms with Crippen molar-refractivity contribution < 1.29 is 17.9 Å². The van der Waals surface area contributed by atoms with E-state index in [-0.39, 0.29) is 12.5 Å². The van der Waals surface area contributed by atoms with Gasteiger partial charge in [-0.2, -0.15) is 13.2 Å². The van der Waals surface area contributed by atoms with Gasteiger partial charge in [-0.15, -0.1) is 0 Å². The lowest BCUT2D eigenvalue weighted by Crippen LogP contribution is -2.17. The van der Waals surface area contributed by atoms with E-state index in [1.165, 1.54) is 6.08 Å². The van der Waals surface area contributed by atoms with E-state index in [4.69, 9.17) is 0 Å². The maximum atomic E-state index is 12.5. The summed E-state index contributed by atoms with van der Waals surface area (Å²) >= 11 is 0. The van der Waals surface area contributed by atoms with Crippen LogP contribution in [0.1, 0.15) is 39.0 Å². The number of halogens is 3. The van der Waals surface area contributed by atoms with Gasteiger partial charge in [0.05, 0.1) is 6.61 Å². The first-order valence-electron chi connectivity index (χ1n) is 5.46. The van der Waals surface area contributed by atoms with Gasteiger partial charge in [0.2, 0.25) is 0 Å². The molecule has 0 unspecified atom stereocenters. The van der Waals surface area contributed by atoms with Crippen LogP contribution >= 0.6 is 0 Å². The Morgan fingerprint density at radius 3 is 2.33 bits per heavy atom. The van der Waals surface area contributed by atoms with Gasteiger partial charge in [-0.1, -0.05) is 19.3 Å². The van der Waals surface area contributed by atoms with Gasteiger partial charge in [-0.3, -0.25) is 0 Å². The van der Waals surface area contributed by atoms with Crippen LogP contribution in [0.2, 0.25) is 0 Å². The summed E-state index contributed by atoms with van der Waals surface area (Å²) in [5.41, 5.74) is 0. The van der Waals surface area contributed by atoms with E-state index in [0.717, 1.165) is 32.1 Å². The van der Waals surface area contributed by atoms with Crippen LogP contribution in [0.15, 0.2) is 11.8 Å². The summed E-state index contributed by atoms with van der Waals surface area (Å²) in [7, 11) is 0. The Morgan fingerprint density at radius 1 is 1.27 bits per heavy atom. The normalized spacial score (nSPS) is 20.4. The van der Waals surface area contributed by atoms with E-state index in [0.29, 0.717) is 0 Å². The second kappa shape index (κ2) is 5.42. The fraction of sp³-hybridized carbons (Fsp3) is 0.818. The highest BCUT2D eigenvalue weighted by Crippen LogP contribution is 2.32. The molecule has 4 heteroatoms. The van der Waals surface area contributed by atoms with Crippen LogP contribution in [0.5, 0.6) is 0 Å². The molecule has 0 spiro atoms. The van der Waals surface area contributed by atoms with E-state index in [1.807, 2.05) is 0 Å². The summed E-state index contributed by atoms with van der Waals surface area (Å²) < 4.78 is 42.1. The first-order valence-corrected chi connectivity index (χ1v) is 5.46. The minimum Gasteiger partial charge on any atom is -0.489 e. The van der Waals surface area contributed by atoms with Crippen LogP contribution in [0, 0.1) is 5.92 Å². The summed E-state index contributed by atoms with van der Waals surface area (Å²) in [4.78, 5) is 0. The third kappa shape index (κ3) is 4.14. The van der Waals surface area contributed by atoms with Gasteiger partial charge in [0.15, 0.2) is 5.76 Å². The monoisotopic (exact) mass is 222 g/mol. The Kier molecular flexibility index (Phi) is 4.48. The molecule has 0 saturated heterocycles. The average molecular weight is 222 g/mol. The van der Waals surface area contributed by atoms with Crippen LogP contribution in [0.3, 0.4) is 0 Å². The molecule has 0 heterocycles. The molecule has 0 N–H and O–H groups in total. The summed E-state index contributed by atoms with van der Waals surface area (Å²) in [6.45, 7) is 1.64. The summed E-state index contributed by atoms with van der Waals surface area (Å²) in [6, 6.07) is 0. The molecule has 0 aromatic rings. The zero-order valence-electron chi connectivity index (χ0n) is 8.94. The van der Waals surface area contributed by atoms with Crippen molar-refractivity contribution in [2.24, 2.45) is 5.92 Å². The Labute approximate surface area is 88.3 Å². The average Bonchev–Trinajstić information content (AvgIpc) is 2.17. The number of rotatable bonds is 3. The molecule has 1 aliphatic carbocycles. The largest absolute Gasteiger partial charge is 0.489 e. The van der Waals surface area contributed by atoms with Gasteiger partial charge in [0, 0.05) is 0 Å². The van der Waals surface area contributed by atoms with E-state index < -0.39 is 11.9 Å². The molecule has 1 saturated carbocycles. The van der Waals surface area contributed by atoms with Gasteiger partial charge in [0.1, 0.15) is 0 Å². The second-order valence-electron chi connectivity index (χ2n) is 3.86. The van der Waals surface area contributed by atoms with Crippen LogP contribution in [-0.4, -0.2) is 12.8 Å². The van der Waals surface area contributed by atoms with Crippen molar-refractivity contribution in [2.45, 2.75) is 45.2 Å². The van der Waals surface area contributed by atoms with Crippen LogP contribution < -0.4 is 0 Å². The number of hydrogen-bond donors (Lipinski definition) is 0. The summed E-state index contributed by atoms with van der Waals surface area (Å²) in [5.74, 6) is -0.765. The van der Waals surface area contributed by atoms with E-state index in [1.54, 1.807) is 6.92 Å². The number of ether oxygens (including phenoxy) is 1. The van der Waals surface area contributed by atoms with E-state index in [9.17, 15) is 13.2 Å². The SMILES string of the molecule is CCO/C(=C\C1CCCCC1)C(F)(F)F. The fourth-order valence-corrected chi connectivity index (χ4v) is 1.89. The fourth-order valence-electron chi connectivity index (χ4n) is 1.89. The Hall–Kier alpha value is -0.670. The van der Waals surface area contributed by atoms with Gasteiger partial charge >= 0.3 is 6.18 Å². The molecule has 0 aromatic heterocycles. The van der Waals surface area contributed by atoms with Crippen molar-refractivity contribution in [1.82, 2.24) is 0 Å². The number of allylic oxidation sites excluding steroid dienone is 2. The molecule has 15 heavy (non-hydrogen) atoms. The molecule has 0 aromatic carbocycles. The molecule has 1 rings (SSSR count). The smallest absolute Gasteiger partial charge is 0.448 e. The molecular weight excluding hydrogens is 205 g/mol. The van der Waals surface area contributed by atoms with E-state index >= 15 is 0 Å². The first-order chi connectivity index (χ1) is 7.04. The molecule has 0 bridgehead atoms. The minimum absolute atomic E-state index is 0.0434. The van der Waals surface area contributed by atoms with Gasteiger partial charge < -0.3 is 4.74 Å².